The molecule has 1 aliphatic rings. The highest BCUT2D eigenvalue weighted by Crippen LogP contribution is 2.16. The van der Waals surface area contributed by atoms with E-state index in [1.165, 1.54) is 7.11 Å². The largest absolute Gasteiger partial charge is 0.466 e. The van der Waals surface area contributed by atoms with Gasteiger partial charge in [-0.1, -0.05) is 6.08 Å². The second kappa shape index (κ2) is 5.28. The first-order valence-electron chi connectivity index (χ1n) is 5.15. The van der Waals surface area contributed by atoms with E-state index in [1.54, 1.807) is 6.92 Å². The van der Waals surface area contributed by atoms with Gasteiger partial charge in [0, 0.05) is 24.3 Å². The number of ether oxygens (including phenoxy) is 2. The van der Waals surface area contributed by atoms with Gasteiger partial charge >= 0.3 is 5.97 Å². The predicted molar refractivity (Wildman–Crippen MR) is 57.6 cm³/mol. The lowest BCUT2D eigenvalue weighted by Crippen LogP contribution is -2.42. The maximum atomic E-state index is 11.1. The van der Waals surface area contributed by atoms with Gasteiger partial charge in [-0.05, 0) is 20.3 Å². The van der Waals surface area contributed by atoms with E-state index in [4.69, 9.17) is 4.74 Å². The van der Waals surface area contributed by atoms with Crippen LogP contribution in [-0.4, -0.2) is 38.4 Å². The van der Waals surface area contributed by atoms with Crippen LogP contribution in [0.4, 0.5) is 0 Å². The van der Waals surface area contributed by atoms with Crippen LogP contribution in [0, 0.1) is 0 Å². The van der Waals surface area contributed by atoms with Crippen molar-refractivity contribution in [3.05, 3.63) is 11.6 Å². The van der Waals surface area contributed by atoms with E-state index in [9.17, 15) is 4.79 Å². The normalized spacial score (nSPS) is 26.7. The average Bonchev–Trinajstić information content (AvgIpc) is 2.64. The van der Waals surface area contributed by atoms with Crippen molar-refractivity contribution in [3.8, 4) is 0 Å². The van der Waals surface area contributed by atoms with Crippen molar-refractivity contribution in [1.29, 1.82) is 0 Å². The van der Waals surface area contributed by atoms with Crippen LogP contribution < -0.4 is 5.32 Å². The molecule has 1 heterocycles. The van der Waals surface area contributed by atoms with E-state index in [1.807, 2.05) is 6.08 Å². The highest BCUT2D eigenvalue weighted by molar-refractivity contribution is 5.87. The number of nitrogens with one attached hydrogen (secondary N) is 1. The summed E-state index contributed by atoms with van der Waals surface area (Å²) in [5, 5.41) is 3.36. The van der Waals surface area contributed by atoms with E-state index in [2.05, 4.69) is 17.0 Å². The number of carbonyl (C=O) groups is 1. The zero-order chi connectivity index (χ0) is 11.3. The van der Waals surface area contributed by atoms with E-state index >= 15 is 0 Å². The Balaban J connectivity index is 2.34. The summed E-state index contributed by atoms with van der Waals surface area (Å²) in [5.41, 5.74) is 0.680. The number of hydrogen-bond donors (Lipinski definition) is 1. The van der Waals surface area contributed by atoms with Gasteiger partial charge in [-0.3, -0.25) is 0 Å². The number of esters is 1. The molecule has 0 bridgehead atoms. The third kappa shape index (κ3) is 3.64. The monoisotopic (exact) mass is 213 g/mol. The third-order valence-corrected chi connectivity index (χ3v) is 2.66. The van der Waals surface area contributed by atoms with Crippen LogP contribution in [0.1, 0.15) is 20.3 Å². The number of methoxy groups -OCH3 is 1. The Morgan fingerprint density at radius 1 is 1.67 bits per heavy atom. The van der Waals surface area contributed by atoms with Crippen molar-refractivity contribution in [2.24, 2.45) is 0 Å². The fraction of sp³-hybridized carbons (Fsp3) is 0.727. The Morgan fingerprint density at radius 2 is 2.40 bits per heavy atom. The molecule has 1 unspecified atom stereocenters. The zero-order valence-electron chi connectivity index (χ0n) is 9.63. The Labute approximate surface area is 90.6 Å². The molecule has 1 saturated heterocycles. The van der Waals surface area contributed by atoms with Crippen molar-refractivity contribution in [2.45, 2.75) is 25.8 Å². The van der Waals surface area contributed by atoms with Gasteiger partial charge in [0.05, 0.1) is 13.7 Å². The second-order valence-electron chi connectivity index (χ2n) is 4.12. The fourth-order valence-corrected chi connectivity index (χ4v) is 1.50. The lowest BCUT2D eigenvalue weighted by Gasteiger charge is -2.22. The Kier molecular flexibility index (Phi) is 4.29. The summed E-state index contributed by atoms with van der Waals surface area (Å²) in [6.07, 6.45) is 2.85. The summed E-state index contributed by atoms with van der Waals surface area (Å²) in [7, 11) is 1.39. The standard InChI is InChI=1S/C11H19NO3/c1-9(10(13)14-3)4-6-12-11(2)5-7-15-8-11/h4,12H,5-8H2,1-3H3. The molecule has 1 atom stereocenters. The molecule has 0 saturated carbocycles. The molecule has 1 aliphatic heterocycles. The van der Waals surface area contributed by atoms with Crippen molar-refractivity contribution in [2.75, 3.05) is 26.9 Å². The minimum Gasteiger partial charge on any atom is -0.466 e. The van der Waals surface area contributed by atoms with E-state index in [0.717, 1.165) is 19.6 Å². The van der Waals surface area contributed by atoms with Gasteiger partial charge in [0.2, 0.25) is 0 Å². The third-order valence-electron chi connectivity index (χ3n) is 2.66. The van der Waals surface area contributed by atoms with E-state index in [-0.39, 0.29) is 11.5 Å². The molecule has 0 aromatic heterocycles. The highest BCUT2D eigenvalue weighted by Gasteiger charge is 2.28. The van der Waals surface area contributed by atoms with Crippen molar-refractivity contribution < 1.29 is 14.3 Å². The van der Waals surface area contributed by atoms with Gasteiger partial charge in [-0.25, -0.2) is 4.79 Å². The SMILES string of the molecule is COC(=O)C(C)=CCNC1(C)CCOC1. The van der Waals surface area contributed by atoms with Crippen molar-refractivity contribution in [3.63, 3.8) is 0 Å². The second-order valence-corrected chi connectivity index (χ2v) is 4.12. The Bertz CT molecular complexity index is 255. The lowest BCUT2D eigenvalue weighted by molar-refractivity contribution is -0.136. The van der Waals surface area contributed by atoms with Crippen LogP contribution in [-0.2, 0) is 14.3 Å². The van der Waals surface area contributed by atoms with Gasteiger partial charge in [0.1, 0.15) is 0 Å². The number of rotatable bonds is 4. The Hall–Kier alpha value is -0.870. The minimum absolute atomic E-state index is 0.0485. The van der Waals surface area contributed by atoms with Gasteiger partial charge < -0.3 is 14.8 Å². The topological polar surface area (TPSA) is 47.6 Å². The smallest absolute Gasteiger partial charge is 0.333 e. The van der Waals surface area contributed by atoms with Crippen LogP contribution in [0.5, 0.6) is 0 Å². The van der Waals surface area contributed by atoms with Crippen molar-refractivity contribution in [1.82, 2.24) is 5.32 Å². The maximum Gasteiger partial charge on any atom is 0.333 e. The van der Waals surface area contributed by atoms with Gasteiger partial charge in [-0.2, -0.15) is 0 Å². The molecule has 1 fully saturated rings. The molecule has 1 N–H and O–H groups in total. The predicted octanol–water partition coefficient (Wildman–Crippen LogP) is 0.874. The molecule has 86 valence electrons. The Morgan fingerprint density at radius 3 is 2.93 bits per heavy atom. The van der Waals surface area contributed by atoms with E-state index in [0.29, 0.717) is 12.1 Å². The molecule has 0 amide bonds. The lowest BCUT2D eigenvalue weighted by atomic mass is 10.0. The van der Waals surface area contributed by atoms with Gasteiger partial charge in [0.25, 0.3) is 0 Å². The number of hydrogen-bond acceptors (Lipinski definition) is 4. The zero-order valence-corrected chi connectivity index (χ0v) is 9.63. The molecule has 4 nitrogen and oxygen atoms in total. The molecular weight excluding hydrogens is 194 g/mol. The van der Waals surface area contributed by atoms with Crippen LogP contribution in [0.25, 0.3) is 0 Å². The quantitative estimate of drug-likeness (QED) is 0.556. The molecule has 0 aromatic rings. The fourth-order valence-electron chi connectivity index (χ4n) is 1.50. The first-order valence-corrected chi connectivity index (χ1v) is 5.15. The summed E-state index contributed by atoms with van der Waals surface area (Å²) in [4.78, 5) is 11.1. The first kappa shape index (κ1) is 12.2. The van der Waals surface area contributed by atoms with Crippen LogP contribution in [0.2, 0.25) is 0 Å². The van der Waals surface area contributed by atoms with Crippen LogP contribution >= 0.6 is 0 Å². The molecule has 0 radical (unpaired) electrons. The summed E-state index contributed by atoms with van der Waals surface area (Å²) >= 11 is 0. The molecule has 4 heteroatoms. The van der Waals surface area contributed by atoms with Gasteiger partial charge in [-0.15, -0.1) is 0 Å². The maximum absolute atomic E-state index is 11.1. The minimum atomic E-state index is -0.273. The first-order chi connectivity index (χ1) is 7.07. The average molecular weight is 213 g/mol. The summed E-state index contributed by atoms with van der Waals surface area (Å²) in [5.74, 6) is -0.273. The van der Waals surface area contributed by atoms with E-state index < -0.39 is 0 Å². The van der Waals surface area contributed by atoms with Crippen LogP contribution in [0.3, 0.4) is 0 Å². The van der Waals surface area contributed by atoms with Crippen molar-refractivity contribution >= 4 is 5.97 Å². The molecule has 15 heavy (non-hydrogen) atoms. The molecule has 0 aromatic carbocycles. The molecule has 0 aliphatic carbocycles. The molecule has 0 spiro atoms. The summed E-state index contributed by atoms with van der Waals surface area (Å²) in [6, 6.07) is 0. The summed E-state index contributed by atoms with van der Waals surface area (Å²) < 4.78 is 9.91. The van der Waals surface area contributed by atoms with Crippen LogP contribution in [0.15, 0.2) is 11.6 Å². The molecule has 1 rings (SSSR count). The highest BCUT2D eigenvalue weighted by atomic mass is 16.5. The number of carbonyl (C=O) groups excluding carboxylic acids is 1. The summed E-state index contributed by atoms with van der Waals surface area (Å²) in [6.45, 7) is 6.09. The molecular formula is C11H19NO3. The van der Waals surface area contributed by atoms with Gasteiger partial charge in [0.15, 0.2) is 0 Å².